The van der Waals surface area contributed by atoms with Gasteiger partial charge in [0.1, 0.15) is 5.84 Å². The van der Waals surface area contributed by atoms with Crippen molar-refractivity contribution < 1.29 is 14.3 Å². The highest BCUT2D eigenvalue weighted by Crippen LogP contribution is 2.35. The molecule has 2 aromatic rings. The molecular formula is C24H24ClN3O3. The molecule has 1 amide bonds. The van der Waals surface area contributed by atoms with E-state index in [4.69, 9.17) is 22.1 Å². The van der Waals surface area contributed by atoms with Gasteiger partial charge in [0.05, 0.1) is 12.3 Å². The third kappa shape index (κ3) is 4.49. The van der Waals surface area contributed by atoms with Gasteiger partial charge in [0, 0.05) is 46.8 Å². The predicted octanol–water partition coefficient (Wildman–Crippen LogP) is 4.58. The van der Waals surface area contributed by atoms with Crippen LogP contribution in [0.25, 0.3) is 17.2 Å². The molecule has 0 aliphatic carbocycles. The summed E-state index contributed by atoms with van der Waals surface area (Å²) >= 11 is 6.57. The molecule has 0 bridgehead atoms. The topological polar surface area (TPSA) is 85.0 Å². The number of aliphatic imine (C=N–C) groups is 1. The van der Waals surface area contributed by atoms with Gasteiger partial charge in [-0.1, -0.05) is 23.7 Å². The highest BCUT2D eigenvalue weighted by Gasteiger charge is 2.21. The summed E-state index contributed by atoms with van der Waals surface area (Å²) in [5.41, 5.74) is 10.1. The highest BCUT2D eigenvalue weighted by atomic mass is 35.5. The first kappa shape index (κ1) is 21.1. The molecule has 0 radical (unpaired) electrons. The molecule has 160 valence electrons. The van der Waals surface area contributed by atoms with E-state index in [1.807, 2.05) is 35.2 Å². The first-order chi connectivity index (χ1) is 15.0. The summed E-state index contributed by atoms with van der Waals surface area (Å²) < 4.78 is 5.14. The minimum Gasteiger partial charge on any atom is -0.463 e. The van der Waals surface area contributed by atoms with Gasteiger partial charge in [0.25, 0.3) is 5.91 Å². The lowest BCUT2D eigenvalue weighted by molar-refractivity contribution is -0.138. The van der Waals surface area contributed by atoms with Crippen molar-refractivity contribution >= 4 is 41.1 Å². The number of hydrogen-bond donors (Lipinski definition) is 1. The summed E-state index contributed by atoms with van der Waals surface area (Å²) in [6.07, 6.45) is 4.08. The molecule has 31 heavy (non-hydrogen) atoms. The van der Waals surface area contributed by atoms with Crippen molar-refractivity contribution in [3.05, 3.63) is 58.1 Å². The van der Waals surface area contributed by atoms with Crippen molar-refractivity contribution in [3.63, 3.8) is 0 Å². The van der Waals surface area contributed by atoms with E-state index in [1.54, 1.807) is 19.1 Å². The van der Waals surface area contributed by atoms with E-state index in [-0.39, 0.29) is 18.9 Å². The van der Waals surface area contributed by atoms with E-state index in [1.165, 1.54) is 0 Å². The molecular weight excluding hydrogens is 414 g/mol. The fourth-order valence-corrected chi connectivity index (χ4v) is 4.20. The normalized spacial score (nSPS) is 15.6. The molecule has 2 aromatic carbocycles. The molecule has 2 aliphatic rings. The molecule has 1 fully saturated rings. The lowest BCUT2D eigenvalue weighted by Crippen LogP contribution is -2.27. The van der Waals surface area contributed by atoms with Gasteiger partial charge in [-0.2, -0.15) is 0 Å². The number of rotatable bonds is 4. The van der Waals surface area contributed by atoms with Crippen LogP contribution in [-0.4, -0.2) is 42.3 Å². The van der Waals surface area contributed by atoms with E-state index >= 15 is 0 Å². The average molecular weight is 438 g/mol. The Hall–Kier alpha value is -3.12. The number of fused-ring (bicyclic) bond motifs is 1. The SMILES string of the molecule is CCOC(=O)C1=Cc2cc(-c3ccc(C(=O)N4CCCC4)cc3Cl)ccc2N=C(N)C1. The van der Waals surface area contributed by atoms with Crippen LogP contribution >= 0.6 is 11.6 Å². The summed E-state index contributed by atoms with van der Waals surface area (Å²) in [5.74, 6) is -0.0324. The van der Waals surface area contributed by atoms with E-state index in [0.717, 1.165) is 42.6 Å². The van der Waals surface area contributed by atoms with Crippen molar-refractivity contribution in [1.82, 2.24) is 4.90 Å². The van der Waals surface area contributed by atoms with Crippen molar-refractivity contribution in [1.29, 1.82) is 0 Å². The summed E-state index contributed by atoms with van der Waals surface area (Å²) in [4.78, 5) is 31.2. The quantitative estimate of drug-likeness (QED) is 0.709. The van der Waals surface area contributed by atoms with E-state index in [2.05, 4.69) is 4.99 Å². The van der Waals surface area contributed by atoms with Crippen LogP contribution in [0.5, 0.6) is 0 Å². The molecule has 2 aliphatic heterocycles. The number of nitrogens with zero attached hydrogens (tertiary/aromatic N) is 2. The van der Waals surface area contributed by atoms with Crippen molar-refractivity contribution in [2.75, 3.05) is 19.7 Å². The summed E-state index contributed by atoms with van der Waals surface area (Å²) in [5, 5.41) is 0.497. The van der Waals surface area contributed by atoms with Crippen molar-refractivity contribution in [2.24, 2.45) is 10.7 Å². The molecule has 0 aromatic heterocycles. The highest BCUT2D eigenvalue weighted by molar-refractivity contribution is 6.33. The molecule has 4 rings (SSSR count). The summed E-state index contributed by atoms with van der Waals surface area (Å²) in [6.45, 7) is 3.64. The van der Waals surface area contributed by atoms with Gasteiger partial charge in [-0.05, 0) is 55.7 Å². The summed E-state index contributed by atoms with van der Waals surface area (Å²) in [6, 6.07) is 11.1. The van der Waals surface area contributed by atoms with Crippen LogP contribution in [-0.2, 0) is 9.53 Å². The molecule has 0 saturated carbocycles. The maximum Gasteiger partial charge on any atom is 0.334 e. The van der Waals surface area contributed by atoms with E-state index in [0.29, 0.717) is 27.7 Å². The Labute approximate surface area is 186 Å². The predicted molar refractivity (Wildman–Crippen MR) is 123 cm³/mol. The van der Waals surface area contributed by atoms with E-state index < -0.39 is 5.97 Å². The standard InChI is InChI=1S/C24H24ClN3O3/c1-2-31-24(30)18-12-17-11-15(6-8-21(17)27-22(26)14-18)19-7-5-16(13-20(19)25)23(29)28-9-3-4-10-28/h5-8,11-13H,2-4,9-10,14H2,1H3,(H2,26,27). The Bertz CT molecular complexity index is 1100. The van der Waals surface area contributed by atoms with Crippen LogP contribution in [0.15, 0.2) is 47.0 Å². The van der Waals surface area contributed by atoms with E-state index in [9.17, 15) is 9.59 Å². The van der Waals surface area contributed by atoms with Gasteiger partial charge < -0.3 is 15.4 Å². The van der Waals surface area contributed by atoms with Gasteiger partial charge >= 0.3 is 5.97 Å². The third-order valence-electron chi connectivity index (χ3n) is 5.45. The second-order valence-corrected chi connectivity index (χ2v) is 8.04. The van der Waals surface area contributed by atoms with Crippen LogP contribution in [0.2, 0.25) is 5.02 Å². The second kappa shape index (κ2) is 8.94. The number of hydrogen-bond acceptors (Lipinski definition) is 5. The van der Waals surface area contributed by atoms with Crippen LogP contribution < -0.4 is 5.73 Å². The number of amides is 1. The number of ether oxygens (including phenoxy) is 1. The smallest absolute Gasteiger partial charge is 0.334 e. The molecule has 0 spiro atoms. The molecule has 2 heterocycles. The lowest BCUT2D eigenvalue weighted by atomic mass is 9.99. The first-order valence-electron chi connectivity index (χ1n) is 10.4. The molecule has 0 unspecified atom stereocenters. The Balaban J connectivity index is 1.68. The number of benzene rings is 2. The minimum absolute atomic E-state index is 0.0136. The Morgan fingerprint density at radius 3 is 2.65 bits per heavy atom. The minimum atomic E-state index is -0.401. The number of esters is 1. The van der Waals surface area contributed by atoms with Gasteiger partial charge in [-0.3, -0.25) is 4.79 Å². The number of carbonyl (C=O) groups is 2. The molecule has 6 nitrogen and oxygen atoms in total. The Kier molecular flexibility index (Phi) is 6.09. The number of likely N-dealkylation sites (tertiary alicyclic amines) is 1. The third-order valence-corrected chi connectivity index (χ3v) is 5.76. The zero-order chi connectivity index (χ0) is 22.0. The maximum atomic E-state index is 12.6. The number of halogens is 1. The monoisotopic (exact) mass is 437 g/mol. The van der Waals surface area contributed by atoms with Gasteiger partial charge in [0.15, 0.2) is 0 Å². The number of carbonyl (C=O) groups excluding carboxylic acids is 2. The summed E-state index contributed by atoms with van der Waals surface area (Å²) in [7, 11) is 0. The second-order valence-electron chi connectivity index (χ2n) is 7.64. The van der Waals surface area contributed by atoms with Gasteiger partial charge in [0.2, 0.25) is 0 Å². The average Bonchev–Trinajstić information content (AvgIpc) is 3.23. The van der Waals surface area contributed by atoms with Crippen molar-refractivity contribution in [3.8, 4) is 11.1 Å². The fraction of sp³-hybridized carbons (Fsp3) is 0.292. The molecule has 1 saturated heterocycles. The van der Waals surface area contributed by atoms with Crippen LogP contribution in [0.3, 0.4) is 0 Å². The first-order valence-corrected chi connectivity index (χ1v) is 10.8. The number of amidine groups is 1. The Morgan fingerprint density at radius 1 is 1.16 bits per heavy atom. The number of nitrogens with two attached hydrogens (primary N) is 1. The fourth-order valence-electron chi connectivity index (χ4n) is 3.91. The zero-order valence-electron chi connectivity index (χ0n) is 17.4. The van der Waals surface area contributed by atoms with Gasteiger partial charge in [-0.25, -0.2) is 9.79 Å². The molecule has 0 atom stereocenters. The van der Waals surface area contributed by atoms with Crippen LogP contribution in [0, 0.1) is 0 Å². The molecule has 7 heteroatoms. The zero-order valence-corrected chi connectivity index (χ0v) is 18.1. The van der Waals surface area contributed by atoms with Crippen LogP contribution in [0.1, 0.15) is 42.1 Å². The largest absolute Gasteiger partial charge is 0.463 e. The van der Waals surface area contributed by atoms with Crippen molar-refractivity contribution in [2.45, 2.75) is 26.2 Å². The molecule has 2 N–H and O–H groups in total. The Morgan fingerprint density at radius 2 is 1.94 bits per heavy atom. The maximum absolute atomic E-state index is 12.6. The van der Waals surface area contributed by atoms with Gasteiger partial charge in [-0.15, -0.1) is 0 Å². The van der Waals surface area contributed by atoms with Crippen LogP contribution in [0.4, 0.5) is 5.69 Å². The lowest BCUT2D eigenvalue weighted by Gasteiger charge is -2.16.